The molecular weight excluding hydrogens is 180 g/mol. The van der Waals surface area contributed by atoms with Gasteiger partial charge in [-0.25, -0.2) is 0 Å². The third-order valence-electron chi connectivity index (χ3n) is 2.85. The summed E-state index contributed by atoms with van der Waals surface area (Å²) < 4.78 is 0. The van der Waals surface area contributed by atoms with E-state index in [1.165, 1.54) is 11.1 Å². The lowest BCUT2D eigenvalue weighted by Crippen LogP contribution is -2.00. The zero-order valence-corrected chi connectivity index (χ0v) is 9.70. The molecule has 0 aliphatic heterocycles. The smallest absolute Gasteiger partial charge is 0.00111 e. The van der Waals surface area contributed by atoms with E-state index < -0.39 is 0 Å². The van der Waals surface area contributed by atoms with Gasteiger partial charge in [0.25, 0.3) is 0 Å². The molecule has 0 nitrogen and oxygen atoms in total. The van der Waals surface area contributed by atoms with E-state index in [2.05, 4.69) is 69.4 Å². The van der Waals surface area contributed by atoms with Crippen molar-refractivity contribution in [3.63, 3.8) is 0 Å². The van der Waals surface area contributed by atoms with Crippen LogP contribution < -0.4 is 0 Å². The van der Waals surface area contributed by atoms with Crippen LogP contribution in [0.3, 0.4) is 0 Å². The Balaban J connectivity index is 2.46. The molecule has 0 aromatic rings. The normalized spacial score (nSPS) is 27.5. The molecule has 2 aliphatic rings. The summed E-state index contributed by atoms with van der Waals surface area (Å²) in [7, 11) is 0. The predicted molar refractivity (Wildman–Crippen MR) is 66.5 cm³/mol. The average Bonchev–Trinajstić information content (AvgIpc) is 2.40. The van der Waals surface area contributed by atoms with Gasteiger partial charge in [-0.05, 0) is 17.1 Å². The Morgan fingerprint density at radius 3 is 2.47 bits per heavy atom. The molecule has 0 N–H and O–H groups in total. The van der Waals surface area contributed by atoms with Crippen LogP contribution in [-0.4, -0.2) is 0 Å². The summed E-state index contributed by atoms with van der Waals surface area (Å²) in [6.45, 7) is 6.67. The highest BCUT2D eigenvalue weighted by Crippen LogP contribution is 2.29. The Kier molecular flexibility index (Phi) is 2.52. The highest BCUT2D eigenvalue weighted by Gasteiger charge is 2.14. The van der Waals surface area contributed by atoms with Crippen molar-refractivity contribution in [1.29, 1.82) is 0 Å². The Labute approximate surface area is 92.4 Å². The second-order valence-electron chi connectivity index (χ2n) is 4.98. The van der Waals surface area contributed by atoms with Gasteiger partial charge in [0.05, 0.1) is 0 Å². The molecule has 78 valence electrons. The first-order valence-electron chi connectivity index (χ1n) is 5.56. The average molecular weight is 198 g/mol. The Bertz CT molecular complexity index is 398. The molecule has 0 saturated carbocycles. The Hall–Kier alpha value is -1.30. The van der Waals surface area contributed by atoms with Crippen LogP contribution in [0.5, 0.6) is 0 Å². The minimum atomic E-state index is 0.167. The van der Waals surface area contributed by atoms with E-state index in [1.54, 1.807) is 0 Å². The van der Waals surface area contributed by atoms with Crippen molar-refractivity contribution in [2.45, 2.75) is 20.8 Å². The van der Waals surface area contributed by atoms with E-state index >= 15 is 0 Å². The van der Waals surface area contributed by atoms with E-state index in [1.807, 2.05) is 0 Å². The van der Waals surface area contributed by atoms with Gasteiger partial charge >= 0.3 is 0 Å². The van der Waals surface area contributed by atoms with Crippen LogP contribution in [0.2, 0.25) is 0 Å². The maximum atomic E-state index is 2.32. The van der Waals surface area contributed by atoms with Crippen LogP contribution >= 0.6 is 0 Å². The highest BCUT2D eigenvalue weighted by atomic mass is 14.2. The lowest BCUT2D eigenvalue weighted by atomic mass is 9.93. The minimum absolute atomic E-state index is 0.167. The van der Waals surface area contributed by atoms with Gasteiger partial charge < -0.3 is 0 Å². The standard InChI is InChI=1S/C15H18/c1-12-5-4-6-13-7-9-15(2,3)10-8-14(13)11-12/h4-12H,1-3H3. The first-order chi connectivity index (χ1) is 7.07. The number of hydrogen-bond acceptors (Lipinski definition) is 0. The lowest BCUT2D eigenvalue weighted by molar-refractivity contribution is 0.627. The van der Waals surface area contributed by atoms with Crippen LogP contribution in [0.4, 0.5) is 0 Å². The van der Waals surface area contributed by atoms with Gasteiger partial charge in [0.15, 0.2) is 0 Å². The molecule has 15 heavy (non-hydrogen) atoms. The van der Waals surface area contributed by atoms with E-state index in [0.29, 0.717) is 5.92 Å². The second-order valence-corrected chi connectivity index (χ2v) is 4.98. The monoisotopic (exact) mass is 198 g/mol. The quantitative estimate of drug-likeness (QED) is 0.547. The zero-order valence-electron chi connectivity index (χ0n) is 9.70. The van der Waals surface area contributed by atoms with Crippen molar-refractivity contribution < 1.29 is 0 Å². The van der Waals surface area contributed by atoms with Crippen molar-refractivity contribution in [2.75, 3.05) is 0 Å². The van der Waals surface area contributed by atoms with Crippen molar-refractivity contribution in [3.8, 4) is 0 Å². The SMILES string of the molecule is CC1C=CC=C2C=CC(C)(C)C=CC2=C1. The minimum Gasteiger partial charge on any atom is -0.0778 e. The van der Waals surface area contributed by atoms with Gasteiger partial charge in [0, 0.05) is 5.41 Å². The molecule has 0 saturated heterocycles. The van der Waals surface area contributed by atoms with Crippen LogP contribution in [0.15, 0.2) is 59.8 Å². The van der Waals surface area contributed by atoms with Gasteiger partial charge in [0.2, 0.25) is 0 Å². The fraction of sp³-hybridized carbons (Fsp3) is 0.333. The second kappa shape index (κ2) is 3.69. The van der Waals surface area contributed by atoms with E-state index in [9.17, 15) is 0 Å². The van der Waals surface area contributed by atoms with Crippen molar-refractivity contribution >= 4 is 0 Å². The summed E-state index contributed by atoms with van der Waals surface area (Å²) in [6, 6.07) is 0. The third kappa shape index (κ3) is 2.38. The van der Waals surface area contributed by atoms with Gasteiger partial charge in [-0.15, -0.1) is 0 Å². The van der Waals surface area contributed by atoms with Crippen LogP contribution in [-0.2, 0) is 0 Å². The molecule has 0 fully saturated rings. The summed E-state index contributed by atoms with van der Waals surface area (Å²) in [5, 5.41) is 0. The molecule has 0 radical (unpaired) electrons. The third-order valence-corrected chi connectivity index (χ3v) is 2.85. The molecule has 2 aliphatic carbocycles. The number of allylic oxidation sites excluding steroid dienone is 10. The van der Waals surface area contributed by atoms with Crippen LogP contribution in [0.25, 0.3) is 0 Å². The molecule has 1 atom stereocenters. The van der Waals surface area contributed by atoms with E-state index in [0.717, 1.165) is 0 Å². The predicted octanol–water partition coefficient (Wildman–Crippen LogP) is 4.20. The maximum absolute atomic E-state index is 2.32. The fourth-order valence-electron chi connectivity index (χ4n) is 1.83. The highest BCUT2D eigenvalue weighted by molar-refractivity contribution is 5.52. The molecule has 0 aromatic heterocycles. The molecule has 2 rings (SSSR count). The van der Waals surface area contributed by atoms with Crippen LogP contribution in [0.1, 0.15) is 20.8 Å². The van der Waals surface area contributed by atoms with Crippen molar-refractivity contribution in [2.24, 2.45) is 11.3 Å². The fourth-order valence-corrected chi connectivity index (χ4v) is 1.83. The molecule has 0 spiro atoms. The van der Waals surface area contributed by atoms with Gasteiger partial charge in [-0.1, -0.05) is 69.4 Å². The van der Waals surface area contributed by atoms with Gasteiger partial charge in [-0.2, -0.15) is 0 Å². The topological polar surface area (TPSA) is 0 Å². The van der Waals surface area contributed by atoms with Crippen LogP contribution in [0, 0.1) is 11.3 Å². The summed E-state index contributed by atoms with van der Waals surface area (Å²) in [5.74, 6) is 0.521. The molecule has 0 amide bonds. The molecule has 0 bridgehead atoms. The summed E-state index contributed by atoms with van der Waals surface area (Å²) in [6.07, 6.45) is 17.9. The Morgan fingerprint density at radius 1 is 1.07 bits per heavy atom. The largest absolute Gasteiger partial charge is 0.0778 e. The van der Waals surface area contributed by atoms with E-state index in [-0.39, 0.29) is 5.41 Å². The zero-order chi connectivity index (χ0) is 10.9. The molecular formula is C15H18. The van der Waals surface area contributed by atoms with Gasteiger partial charge in [0.1, 0.15) is 0 Å². The first-order valence-corrected chi connectivity index (χ1v) is 5.56. The maximum Gasteiger partial charge on any atom is 0.00111 e. The number of fused-ring (bicyclic) bond motifs is 1. The first kappa shape index (κ1) is 10.2. The molecule has 0 heterocycles. The molecule has 1 unspecified atom stereocenters. The molecule has 0 aromatic carbocycles. The summed E-state index contributed by atoms with van der Waals surface area (Å²) in [4.78, 5) is 0. The number of rotatable bonds is 0. The van der Waals surface area contributed by atoms with Crippen molar-refractivity contribution in [3.05, 3.63) is 59.8 Å². The molecule has 0 heteroatoms. The van der Waals surface area contributed by atoms with Gasteiger partial charge in [-0.3, -0.25) is 0 Å². The lowest BCUT2D eigenvalue weighted by Gasteiger charge is -2.11. The Morgan fingerprint density at radius 2 is 1.73 bits per heavy atom. The number of hydrogen-bond donors (Lipinski definition) is 0. The van der Waals surface area contributed by atoms with E-state index in [4.69, 9.17) is 0 Å². The summed E-state index contributed by atoms with van der Waals surface area (Å²) in [5.41, 5.74) is 2.83. The van der Waals surface area contributed by atoms with Crippen molar-refractivity contribution in [1.82, 2.24) is 0 Å². The summed E-state index contributed by atoms with van der Waals surface area (Å²) >= 11 is 0.